The Labute approximate surface area is 163 Å². The maximum atomic E-state index is 12.7. The fourth-order valence-corrected chi connectivity index (χ4v) is 3.12. The number of hydrogen-bond donors (Lipinski definition) is 2. The van der Waals surface area contributed by atoms with Crippen molar-refractivity contribution in [3.05, 3.63) is 77.1 Å². The minimum atomic E-state index is -0.258. The van der Waals surface area contributed by atoms with Crippen LogP contribution in [0.2, 0.25) is 0 Å². The molecule has 0 saturated heterocycles. The lowest BCUT2D eigenvalue weighted by Gasteiger charge is -2.11. The molecule has 0 radical (unpaired) electrons. The maximum absolute atomic E-state index is 12.7. The van der Waals surface area contributed by atoms with E-state index in [1.807, 2.05) is 36.7 Å². The van der Waals surface area contributed by atoms with Crippen LogP contribution in [0.1, 0.15) is 44.9 Å². The van der Waals surface area contributed by atoms with E-state index in [4.69, 9.17) is 0 Å². The predicted molar refractivity (Wildman–Crippen MR) is 108 cm³/mol. The molecular weight excluding hydrogens is 352 g/mol. The van der Waals surface area contributed by atoms with Gasteiger partial charge in [-0.3, -0.25) is 9.59 Å². The lowest BCUT2D eigenvalue weighted by Crippen LogP contribution is -2.27. The van der Waals surface area contributed by atoms with Gasteiger partial charge in [0.2, 0.25) is 0 Å². The Kier molecular flexibility index (Phi) is 4.69. The summed E-state index contributed by atoms with van der Waals surface area (Å²) in [7, 11) is 0. The van der Waals surface area contributed by atoms with Crippen molar-refractivity contribution in [1.29, 1.82) is 0 Å². The molecule has 1 aromatic heterocycles. The molecule has 28 heavy (non-hydrogen) atoms. The number of aryl methyl sites for hydroxylation is 2. The molecule has 0 unspecified atom stereocenters. The molecule has 1 aliphatic carbocycles. The van der Waals surface area contributed by atoms with Crippen molar-refractivity contribution >= 4 is 17.5 Å². The Bertz CT molecular complexity index is 1030. The quantitative estimate of drug-likeness (QED) is 0.716. The monoisotopic (exact) mass is 374 g/mol. The molecular formula is C22H22N4O2. The summed E-state index contributed by atoms with van der Waals surface area (Å²) in [6.07, 6.45) is 2.03. The summed E-state index contributed by atoms with van der Waals surface area (Å²) in [5, 5.41) is 10.3. The van der Waals surface area contributed by atoms with E-state index in [0.717, 1.165) is 29.9 Å². The summed E-state index contributed by atoms with van der Waals surface area (Å²) in [5.74, 6) is -0.412. The first-order valence-electron chi connectivity index (χ1n) is 9.36. The standard InChI is InChI=1S/C22H22N4O2/c1-14-13-15(2)26(25-14)18-11-7-16(8-12-18)21(27)24-20-6-4-3-5-19(20)22(28)23-17-9-10-17/h3-8,11-13,17H,9-10H2,1-2H3,(H,23,28)(H,24,27). The van der Waals surface area contributed by atoms with Gasteiger partial charge in [-0.1, -0.05) is 12.1 Å². The molecule has 3 aromatic rings. The molecule has 2 aromatic carbocycles. The van der Waals surface area contributed by atoms with Gasteiger partial charge in [0.05, 0.1) is 22.6 Å². The van der Waals surface area contributed by atoms with Crippen molar-refractivity contribution in [2.75, 3.05) is 5.32 Å². The molecule has 142 valence electrons. The Morgan fingerprint density at radius 2 is 1.71 bits per heavy atom. The third kappa shape index (κ3) is 3.81. The van der Waals surface area contributed by atoms with E-state index in [2.05, 4.69) is 15.7 Å². The lowest BCUT2D eigenvalue weighted by atomic mass is 10.1. The third-order valence-corrected chi connectivity index (χ3v) is 4.72. The Morgan fingerprint density at radius 1 is 1.00 bits per heavy atom. The molecule has 0 aliphatic heterocycles. The summed E-state index contributed by atoms with van der Waals surface area (Å²) in [6, 6.07) is 16.6. The molecule has 1 aliphatic rings. The lowest BCUT2D eigenvalue weighted by molar-refractivity contribution is 0.0952. The Hall–Kier alpha value is -3.41. The molecule has 1 fully saturated rings. The van der Waals surface area contributed by atoms with Gasteiger partial charge in [-0.25, -0.2) is 4.68 Å². The minimum Gasteiger partial charge on any atom is -0.349 e. The number of rotatable bonds is 5. The zero-order chi connectivity index (χ0) is 19.7. The van der Waals surface area contributed by atoms with Crippen molar-refractivity contribution in [1.82, 2.24) is 15.1 Å². The van der Waals surface area contributed by atoms with Gasteiger partial charge in [0.15, 0.2) is 0 Å². The molecule has 4 rings (SSSR count). The van der Waals surface area contributed by atoms with Crippen molar-refractivity contribution in [2.45, 2.75) is 32.7 Å². The average molecular weight is 374 g/mol. The van der Waals surface area contributed by atoms with Crippen LogP contribution in [0.3, 0.4) is 0 Å². The third-order valence-electron chi connectivity index (χ3n) is 4.72. The van der Waals surface area contributed by atoms with Gasteiger partial charge < -0.3 is 10.6 Å². The SMILES string of the molecule is Cc1cc(C)n(-c2ccc(C(=O)Nc3ccccc3C(=O)NC3CC3)cc2)n1. The number of amides is 2. The number of nitrogens with one attached hydrogen (secondary N) is 2. The van der Waals surface area contributed by atoms with Crippen molar-refractivity contribution in [3.8, 4) is 5.69 Å². The number of anilines is 1. The summed E-state index contributed by atoms with van der Waals surface area (Å²) in [6.45, 7) is 3.94. The van der Waals surface area contributed by atoms with Gasteiger partial charge in [-0.05, 0) is 69.2 Å². The number of para-hydroxylation sites is 1. The van der Waals surface area contributed by atoms with Crippen LogP contribution in [0.15, 0.2) is 54.6 Å². The van der Waals surface area contributed by atoms with Gasteiger partial charge in [-0.15, -0.1) is 0 Å². The summed E-state index contributed by atoms with van der Waals surface area (Å²) in [4.78, 5) is 25.1. The largest absolute Gasteiger partial charge is 0.349 e. The maximum Gasteiger partial charge on any atom is 0.255 e. The number of nitrogens with zero attached hydrogens (tertiary/aromatic N) is 2. The summed E-state index contributed by atoms with van der Waals surface area (Å²) in [5.41, 5.74) is 4.37. The average Bonchev–Trinajstić information content (AvgIpc) is 3.43. The highest BCUT2D eigenvalue weighted by Gasteiger charge is 2.25. The molecule has 0 atom stereocenters. The fraction of sp³-hybridized carbons (Fsp3) is 0.227. The van der Waals surface area contributed by atoms with Crippen LogP contribution in [0.4, 0.5) is 5.69 Å². The predicted octanol–water partition coefficient (Wildman–Crippen LogP) is 3.63. The zero-order valence-electron chi connectivity index (χ0n) is 15.9. The van der Waals surface area contributed by atoms with Crippen molar-refractivity contribution in [2.24, 2.45) is 0 Å². The van der Waals surface area contributed by atoms with Crippen LogP contribution in [0, 0.1) is 13.8 Å². The molecule has 1 heterocycles. The second kappa shape index (κ2) is 7.31. The van der Waals surface area contributed by atoms with E-state index in [9.17, 15) is 9.59 Å². The number of aromatic nitrogens is 2. The van der Waals surface area contributed by atoms with Crippen LogP contribution in [0.5, 0.6) is 0 Å². The fourth-order valence-electron chi connectivity index (χ4n) is 3.12. The van der Waals surface area contributed by atoms with Gasteiger partial charge in [-0.2, -0.15) is 5.10 Å². The number of carbonyl (C=O) groups excluding carboxylic acids is 2. The van der Waals surface area contributed by atoms with Gasteiger partial charge >= 0.3 is 0 Å². The highest BCUT2D eigenvalue weighted by Crippen LogP contribution is 2.22. The van der Waals surface area contributed by atoms with Crippen molar-refractivity contribution in [3.63, 3.8) is 0 Å². The minimum absolute atomic E-state index is 0.154. The molecule has 1 saturated carbocycles. The number of benzene rings is 2. The first-order chi connectivity index (χ1) is 13.5. The topological polar surface area (TPSA) is 76.0 Å². The molecule has 6 nitrogen and oxygen atoms in total. The number of hydrogen-bond acceptors (Lipinski definition) is 3. The second-order valence-corrected chi connectivity index (χ2v) is 7.13. The number of carbonyl (C=O) groups is 2. The van der Waals surface area contributed by atoms with E-state index in [1.54, 1.807) is 36.4 Å². The highest BCUT2D eigenvalue weighted by molar-refractivity contribution is 6.09. The zero-order valence-corrected chi connectivity index (χ0v) is 15.9. The Balaban J connectivity index is 1.51. The first-order valence-corrected chi connectivity index (χ1v) is 9.36. The van der Waals surface area contributed by atoms with Gasteiger partial charge in [0, 0.05) is 17.3 Å². The van der Waals surface area contributed by atoms with Crippen LogP contribution in [0.25, 0.3) is 5.69 Å². The molecule has 0 spiro atoms. The highest BCUT2D eigenvalue weighted by atomic mass is 16.2. The van der Waals surface area contributed by atoms with Crippen LogP contribution in [-0.4, -0.2) is 27.6 Å². The molecule has 2 N–H and O–H groups in total. The van der Waals surface area contributed by atoms with Crippen molar-refractivity contribution < 1.29 is 9.59 Å². The second-order valence-electron chi connectivity index (χ2n) is 7.13. The van der Waals surface area contributed by atoms with Gasteiger partial charge in [0.25, 0.3) is 11.8 Å². The normalized spacial score (nSPS) is 13.2. The van der Waals surface area contributed by atoms with E-state index in [-0.39, 0.29) is 17.9 Å². The first kappa shape index (κ1) is 18.0. The van der Waals surface area contributed by atoms with Crippen LogP contribution < -0.4 is 10.6 Å². The summed E-state index contributed by atoms with van der Waals surface area (Å²) < 4.78 is 1.84. The molecule has 0 bridgehead atoms. The smallest absolute Gasteiger partial charge is 0.255 e. The van der Waals surface area contributed by atoms with E-state index < -0.39 is 0 Å². The molecule has 6 heteroatoms. The van der Waals surface area contributed by atoms with E-state index in [1.165, 1.54) is 0 Å². The van der Waals surface area contributed by atoms with E-state index >= 15 is 0 Å². The molecule has 2 amide bonds. The van der Waals surface area contributed by atoms with E-state index in [0.29, 0.717) is 16.8 Å². The van der Waals surface area contributed by atoms with Crippen LogP contribution in [-0.2, 0) is 0 Å². The van der Waals surface area contributed by atoms with Crippen LogP contribution >= 0.6 is 0 Å². The van der Waals surface area contributed by atoms with Gasteiger partial charge in [0.1, 0.15) is 0 Å². The summed E-state index contributed by atoms with van der Waals surface area (Å²) >= 11 is 0. The Morgan fingerprint density at radius 3 is 2.36 bits per heavy atom.